The van der Waals surface area contributed by atoms with E-state index in [9.17, 15) is 13.2 Å². The Labute approximate surface area is 122 Å². The lowest BCUT2D eigenvalue weighted by Gasteiger charge is -2.25. The van der Waals surface area contributed by atoms with E-state index in [1.54, 1.807) is 39.1 Å². The zero-order valence-corrected chi connectivity index (χ0v) is 13.7. The summed E-state index contributed by atoms with van der Waals surface area (Å²) in [6.45, 7) is 3.35. The highest BCUT2D eigenvalue weighted by atomic mass is 79.9. The Morgan fingerprint density at radius 3 is 2.47 bits per heavy atom. The molecule has 0 aliphatic heterocycles. The summed E-state index contributed by atoms with van der Waals surface area (Å²) < 4.78 is 23.9. The minimum absolute atomic E-state index is 0.0177. The van der Waals surface area contributed by atoms with Gasteiger partial charge in [-0.3, -0.25) is 4.79 Å². The molecular weight excluding hydrogens is 330 g/mol. The zero-order chi connectivity index (χ0) is 14.6. The van der Waals surface area contributed by atoms with Gasteiger partial charge in [-0.25, -0.2) is 8.42 Å². The van der Waals surface area contributed by atoms with Crippen LogP contribution in [0.25, 0.3) is 0 Å². The second kappa shape index (κ2) is 6.52. The molecule has 0 saturated carbocycles. The van der Waals surface area contributed by atoms with Gasteiger partial charge in [-0.1, -0.05) is 19.1 Å². The van der Waals surface area contributed by atoms with E-state index < -0.39 is 9.84 Å². The molecule has 1 rings (SSSR count). The van der Waals surface area contributed by atoms with Crippen molar-refractivity contribution in [1.82, 2.24) is 4.90 Å². The lowest BCUT2D eigenvalue weighted by Crippen LogP contribution is -2.39. The van der Waals surface area contributed by atoms with Gasteiger partial charge < -0.3 is 4.90 Å². The van der Waals surface area contributed by atoms with Crippen LogP contribution in [0.15, 0.2) is 28.7 Å². The largest absolute Gasteiger partial charge is 0.338 e. The molecule has 19 heavy (non-hydrogen) atoms. The Kier molecular flexibility index (Phi) is 5.55. The maximum atomic E-state index is 12.3. The number of benzene rings is 1. The van der Waals surface area contributed by atoms with Gasteiger partial charge in [0.15, 0.2) is 9.84 Å². The topological polar surface area (TPSA) is 54.5 Å². The van der Waals surface area contributed by atoms with Crippen molar-refractivity contribution in [2.45, 2.75) is 19.9 Å². The highest BCUT2D eigenvalue weighted by molar-refractivity contribution is 9.10. The predicted molar refractivity (Wildman–Crippen MR) is 80.0 cm³/mol. The van der Waals surface area contributed by atoms with E-state index in [0.717, 1.165) is 0 Å². The highest BCUT2D eigenvalue weighted by Crippen LogP contribution is 2.18. The molecular formula is C13H18BrNO3S. The SMILES string of the molecule is CCS(=O)(=O)CC(C)N(C)C(=O)c1ccccc1Br. The third kappa shape index (κ3) is 4.31. The van der Waals surface area contributed by atoms with Crippen LogP contribution in [0.1, 0.15) is 24.2 Å². The van der Waals surface area contributed by atoms with E-state index in [1.807, 2.05) is 6.07 Å². The van der Waals surface area contributed by atoms with Crippen molar-refractivity contribution >= 4 is 31.7 Å². The molecule has 0 aliphatic rings. The third-order valence-corrected chi connectivity index (χ3v) is 5.58. The van der Waals surface area contributed by atoms with Gasteiger partial charge in [-0.15, -0.1) is 0 Å². The quantitative estimate of drug-likeness (QED) is 0.821. The molecule has 0 heterocycles. The Bertz CT molecular complexity index is 557. The number of hydrogen-bond acceptors (Lipinski definition) is 3. The summed E-state index contributed by atoms with van der Waals surface area (Å²) in [5.74, 6) is -0.115. The first-order valence-corrected chi connectivity index (χ1v) is 8.62. The van der Waals surface area contributed by atoms with E-state index in [1.165, 1.54) is 4.90 Å². The fourth-order valence-electron chi connectivity index (χ4n) is 1.62. The van der Waals surface area contributed by atoms with Gasteiger partial charge in [0.2, 0.25) is 0 Å². The van der Waals surface area contributed by atoms with Crippen LogP contribution in [0.2, 0.25) is 0 Å². The van der Waals surface area contributed by atoms with Crippen LogP contribution in [0.5, 0.6) is 0 Å². The maximum Gasteiger partial charge on any atom is 0.255 e. The van der Waals surface area contributed by atoms with Crippen LogP contribution in [-0.4, -0.2) is 43.8 Å². The van der Waals surface area contributed by atoms with Crippen LogP contribution < -0.4 is 0 Å². The van der Waals surface area contributed by atoms with Crippen LogP contribution >= 0.6 is 15.9 Å². The summed E-state index contributed by atoms with van der Waals surface area (Å²) in [4.78, 5) is 13.7. The minimum Gasteiger partial charge on any atom is -0.338 e. The number of rotatable bonds is 5. The van der Waals surface area contributed by atoms with Crippen LogP contribution in [0.4, 0.5) is 0 Å². The Morgan fingerprint density at radius 1 is 1.37 bits per heavy atom. The fraction of sp³-hybridized carbons (Fsp3) is 0.462. The molecule has 0 bridgehead atoms. The third-order valence-electron chi connectivity index (χ3n) is 3.02. The Balaban J connectivity index is 2.86. The molecule has 1 aromatic carbocycles. The lowest BCUT2D eigenvalue weighted by atomic mass is 10.2. The van der Waals surface area contributed by atoms with E-state index in [2.05, 4.69) is 15.9 Å². The Morgan fingerprint density at radius 2 is 1.95 bits per heavy atom. The molecule has 0 N–H and O–H groups in total. The van der Waals surface area contributed by atoms with Crippen molar-refractivity contribution in [1.29, 1.82) is 0 Å². The summed E-state index contributed by atoms with van der Waals surface area (Å²) in [6, 6.07) is 6.74. The number of amides is 1. The molecule has 6 heteroatoms. The fourth-order valence-corrected chi connectivity index (χ4v) is 3.27. The lowest BCUT2D eigenvalue weighted by molar-refractivity contribution is 0.0756. The monoisotopic (exact) mass is 347 g/mol. The first kappa shape index (κ1) is 16.2. The number of carbonyl (C=O) groups is 1. The normalized spacial score (nSPS) is 13.1. The van der Waals surface area contributed by atoms with Crippen LogP contribution in [0.3, 0.4) is 0 Å². The highest BCUT2D eigenvalue weighted by Gasteiger charge is 2.23. The van der Waals surface area contributed by atoms with Crippen molar-refractivity contribution in [3.05, 3.63) is 34.3 Å². The van der Waals surface area contributed by atoms with Crippen LogP contribution in [0, 0.1) is 0 Å². The maximum absolute atomic E-state index is 12.3. The van der Waals surface area contributed by atoms with E-state index in [4.69, 9.17) is 0 Å². The van der Waals surface area contributed by atoms with E-state index in [0.29, 0.717) is 10.0 Å². The Hall–Kier alpha value is -0.880. The average Bonchev–Trinajstić information content (AvgIpc) is 2.37. The van der Waals surface area contributed by atoms with Crippen molar-refractivity contribution in [3.63, 3.8) is 0 Å². The van der Waals surface area contributed by atoms with Gasteiger partial charge >= 0.3 is 0 Å². The summed E-state index contributed by atoms with van der Waals surface area (Å²) >= 11 is 3.32. The second-order valence-corrected chi connectivity index (χ2v) is 7.70. The first-order chi connectivity index (χ1) is 8.78. The smallest absolute Gasteiger partial charge is 0.255 e. The van der Waals surface area contributed by atoms with E-state index >= 15 is 0 Å². The number of sulfone groups is 1. The summed E-state index contributed by atoms with van der Waals surface area (Å²) in [7, 11) is -1.47. The molecule has 1 atom stereocenters. The number of halogens is 1. The zero-order valence-electron chi connectivity index (χ0n) is 11.3. The summed E-state index contributed by atoms with van der Waals surface area (Å²) in [6.07, 6.45) is 0. The second-order valence-electron chi connectivity index (χ2n) is 4.44. The van der Waals surface area contributed by atoms with Crippen molar-refractivity contribution in [2.75, 3.05) is 18.6 Å². The number of nitrogens with zero attached hydrogens (tertiary/aromatic N) is 1. The standard InChI is InChI=1S/C13H18BrNO3S/c1-4-19(17,18)9-10(2)15(3)13(16)11-7-5-6-8-12(11)14/h5-8,10H,4,9H2,1-3H3. The van der Waals surface area contributed by atoms with Crippen LogP contribution in [-0.2, 0) is 9.84 Å². The number of carbonyl (C=O) groups excluding carboxylic acids is 1. The minimum atomic E-state index is -3.10. The van der Waals surface area contributed by atoms with Crippen molar-refractivity contribution < 1.29 is 13.2 Å². The van der Waals surface area contributed by atoms with Crippen molar-refractivity contribution in [3.8, 4) is 0 Å². The van der Waals surface area contributed by atoms with Gasteiger partial charge in [0.25, 0.3) is 5.91 Å². The molecule has 1 amide bonds. The van der Waals surface area contributed by atoms with E-state index in [-0.39, 0.29) is 23.5 Å². The molecule has 1 aromatic rings. The number of hydrogen-bond donors (Lipinski definition) is 0. The molecule has 0 aliphatic carbocycles. The molecule has 0 fully saturated rings. The summed E-state index contributed by atoms with van der Waals surface area (Å²) in [5.41, 5.74) is 0.533. The average molecular weight is 348 g/mol. The van der Waals surface area contributed by atoms with Gasteiger partial charge in [0, 0.05) is 23.3 Å². The van der Waals surface area contributed by atoms with Gasteiger partial charge in [0.05, 0.1) is 11.3 Å². The summed E-state index contributed by atoms with van der Waals surface area (Å²) in [5, 5.41) is 0. The predicted octanol–water partition coefficient (Wildman–Crippen LogP) is 2.34. The van der Waals surface area contributed by atoms with Crippen molar-refractivity contribution in [2.24, 2.45) is 0 Å². The molecule has 0 spiro atoms. The molecule has 0 saturated heterocycles. The molecule has 0 aromatic heterocycles. The van der Waals surface area contributed by atoms with Gasteiger partial charge in [-0.2, -0.15) is 0 Å². The van der Waals surface area contributed by atoms with Gasteiger partial charge in [-0.05, 0) is 35.0 Å². The first-order valence-electron chi connectivity index (χ1n) is 6.00. The molecule has 4 nitrogen and oxygen atoms in total. The molecule has 0 radical (unpaired) electrons. The van der Waals surface area contributed by atoms with Gasteiger partial charge in [0.1, 0.15) is 0 Å². The molecule has 1 unspecified atom stereocenters. The molecule has 106 valence electrons.